The molecule has 1 fully saturated rings. The van der Waals surface area contributed by atoms with E-state index in [4.69, 9.17) is 9.31 Å². The van der Waals surface area contributed by atoms with E-state index in [2.05, 4.69) is 80.0 Å². The van der Waals surface area contributed by atoms with Crippen molar-refractivity contribution in [2.75, 3.05) is 0 Å². The van der Waals surface area contributed by atoms with E-state index in [1.54, 1.807) is 0 Å². The Morgan fingerprint density at radius 3 is 2.26 bits per heavy atom. The second-order valence-electron chi connectivity index (χ2n) is 7.03. The highest BCUT2D eigenvalue weighted by molar-refractivity contribution is 9.10. The van der Waals surface area contributed by atoms with Crippen LogP contribution in [0.1, 0.15) is 27.7 Å². The Hall–Kier alpha value is -0.875. The zero-order chi connectivity index (χ0) is 16.4. The maximum Gasteiger partial charge on any atom is 0.496 e. The van der Waals surface area contributed by atoms with Gasteiger partial charge in [-0.1, -0.05) is 40.2 Å². The number of hydrogen-bond acceptors (Lipinski definition) is 3. The van der Waals surface area contributed by atoms with Crippen LogP contribution in [0.4, 0.5) is 0 Å². The molecule has 0 bridgehead atoms. The average molecular weight is 389 g/mol. The maximum absolute atomic E-state index is 6.22. The molecular formula is C18H18BBrO2S. The molecule has 0 atom stereocenters. The standard InChI is InChI=1S/C18H18BBrO2S/c1-17(2)18(3,4)22-19(21-17)12-9-10-14-15(16(12)20)11-7-5-6-8-13(11)23-14/h5-10H,1-4H3. The van der Waals surface area contributed by atoms with Gasteiger partial charge >= 0.3 is 7.12 Å². The van der Waals surface area contributed by atoms with Gasteiger partial charge in [-0.2, -0.15) is 0 Å². The first-order valence-corrected chi connectivity index (χ1v) is 9.36. The Morgan fingerprint density at radius 1 is 0.913 bits per heavy atom. The number of hydrogen-bond donors (Lipinski definition) is 0. The van der Waals surface area contributed by atoms with E-state index >= 15 is 0 Å². The molecule has 1 aromatic heterocycles. The molecule has 0 amide bonds. The molecule has 23 heavy (non-hydrogen) atoms. The summed E-state index contributed by atoms with van der Waals surface area (Å²) in [5.74, 6) is 0. The van der Waals surface area contributed by atoms with Gasteiger partial charge in [0.25, 0.3) is 0 Å². The molecular weight excluding hydrogens is 371 g/mol. The average Bonchev–Trinajstić information content (AvgIpc) is 2.94. The quantitative estimate of drug-likeness (QED) is 0.539. The summed E-state index contributed by atoms with van der Waals surface area (Å²) in [6.07, 6.45) is 0. The molecule has 0 unspecified atom stereocenters. The summed E-state index contributed by atoms with van der Waals surface area (Å²) in [7, 11) is -0.350. The van der Waals surface area contributed by atoms with Crippen molar-refractivity contribution in [2.45, 2.75) is 38.9 Å². The smallest absolute Gasteiger partial charge is 0.399 e. The minimum Gasteiger partial charge on any atom is -0.399 e. The van der Waals surface area contributed by atoms with Gasteiger partial charge in [0.15, 0.2) is 0 Å². The molecule has 5 heteroatoms. The Balaban J connectivity index is 1.89. The van der Waals surface area contributed by atoms with E-state index in [0.717, 1.165) is 9.94 Å². The fraction of sp³-hybridized carbons (Fsp3) is 0.333. The van der Waals surface area contributed by atoms with Gasteiger partial charge in [0.05, 0.1) is 11.2 Å². The van der Waals surface area contributed by atoms with Crippen LogP contribution in [0.15, 0.2) is 40.9 Å². The molecule has 1 saturated heterocycles. The van der Waals surface area contributed by atoms with E-state index in [1.165, 1.54) is 20.2 Å². The predicted octanol–water partition coefficient (Wildman–Crippen LogP) is 5.12. The van der Waals surface area contributed by atoms with Crippen LogP contribution < -0.4 is 5.46 Å². The van der Waals surface area contributed by atoms with E-state index in [-0.39, 0.29) is 18.3 Å². The molecule has 1 aliphatic rings. The van der Waals surface area contributed by atoms with E-state index in [9.17, 15) is 0 Å². The SMILES string of the molecule is CC1(C)OB(c2ccc3sc4ccccc4c3c2Br)OC1(C)C. The molecule has 2 nitrogen and oxygen atoms in total. The zero-order valence-corrected chi connectivity index (χ0v) is 16.0. The molecule has 4 rings (SSSR count). The highest BCUT2D eigenvalue weighted by Crippen LogP contribution is 2.40. The monoisotopic (exact) mass is 388 g/mol. The second kappa shape index (κ2) is 5.06. The summed E-state index contributed by atoms with van der Waals surface area (Å²) in [5, 5.41) is 2.52. The summed E-state index contributed by atoms with van der Waals surface area (Å²) in [4.78, 5) is 0. The van der Waals surface area contributed by atoms with Gasteiger partial charge < -0.3 is 9.31 Å². The second-order valence-corrected chi connectivity index (χ2v) is 8.91. The summed E-state index contributed by atoms with van der Waals surface area (Å²) in [6.45, 7) is 8.33. The minimum atomic E-state index is -0.350. The molecule has 0 saturated carbocycles. The molecule has 0 radical (unpaired) electrons. The first-order valence-electron chi connectivity index (χ1n) is 7.75. The molecule has 0 N–H and O–H groups in total. The Bertz CT molecular complexity index is 900. The molecule has 3 aromatic rings. The van der Waals surface area contributed by atoms with Gasteiger partial charge in [0, 0.05) is 24.6 Å². The van der Waals surface area contributed by atoms with Crippen LogP contribution in [0.5, 0.6) is 0 Å². The van der Waals surface area contributed by atoms with Crippen molar-refractivity contribution in [3.63, 3.8) is 0 Å². The fourth-order valence-electron chi connectivity index (χ4n) is 2.94. The van der Waals surface area contributed by atoms with Crippen molar-refractivity contribution in [3.05, 3.63) is 40.9 Å². The van der Waals surface area contributed by atoms with Crippen LogP contribution in [0, 0.1) is 0 Å². The summed E-state index contributed by atoms with van der Waals surface area (Å²) < 4.78 is 16.1. The number of rotatable bonds is 1. The fourth-order valence-corrected chi connectivity index (χ4v) is 4.93. The van der Waals surface area contributed by atoms with Gasteiger partial charge in [-0.15, -0.1) is 11.3 Å². The molecule has 0 aliphatic carbocycles. The van der Waals surface area contributed by atoms with Crippen LogP contribution in [-0.2, 0) is 9.31 Å². The lowest BCUT2D eigenvalue weighted by Gasteiger charge is -2.32. The summed E-state index contributed by atoms with van der Waals surface area (Å²) in [6, 6.07) is 12.8. The normalized spacial score (nSPS) is 19.8. The molecule has 118 valence electrons. The molecule has 2 heterocycles. The molecule has 0 spiro atoms. The Kier molecular flexibility index (Phi) is 3.44. The minimum absolute atomic E-state index is 0.331. The van der Waals surface area contributed by atoms with Gasteiger partial charge in [-0.3, -0.25) is 0 Å². The Morgan fingerprint density at radius 2 is 1.57 bits per heavy atom. The highest BCUT2D eigenvalue weighted by atomic mass is 79.9. The van der Waals surface area contributed by atoms with Crippen LogP contribution in [0.2, 0.25) is 0 Å². The van der Waals surface area contributed by atoms with Gasteiger partial charge in [-0.25, -0.2) is 0 Å². The van der Waals surface area contributed by atoms with Gasteiger partial charge in [0.1, 0.15) is 0 Å². The van der Waals surface area contributed by atoms with Crippen molar-refractivity contribution in [1.82, 2.24) is 0 Å². The maximum atomic E-state index is 6.22. The van der Waals surface area contributed by atoms with Crippen LogP contribution in [0.3, 0.4) is 0 Å². The van der Waals surface area contributed by atoms with Crippen molar-refractivity contribution in [2.24, 2.45) is 0 Å². The van der Waals surface area contributed by atoms with Crippen LogP contribution >= 0.6 is 27.3 Å². The van der Waals surface area contributed by atoms with E-state index < -0.39 is 0 Å². The third kappa shape index (κ3) is 2.29. The van der Waals surface area contributed by atoms with Gasteiger partial charge in [-0.05, 0) is 45.3 Å². The van der Waals surface area contributed by atoms with Crippen molar-refractivity contribution in [1.29, 1.82) is 0 Å². The first-order chi connectivity index (χ1) is 10.8. The van der Waals surface area contributed by atoms with Crippen molar-refractivity contribution in [3.8, 4) is 0 Å². The number of thiophene rings is 1. The van der Waals surface area contributed by atoms with E-state index in [1.807, 2.05) is 11.3 Å². The molecule has 2 aromatic carbocycles. The largest absolute Gasteiger partial charge is 0.496 e. The lowest BCUT2D eigenvalue weighted by atomic mass is 9.78. The van der Waals surface area contributed by atoms with E-state index in [0.29, 0.717) is 0 Å². The molecule has 1 aliphatic heterocycles. The number of benzene rings is 2. The van der Waals surface area contributed by atoms with Crippen LogP contribution in [-0.4, -0.2) is 18.3 Å². The lowest BCUT2D eigenvalue weighted by Crippen LogP contribution is -2.41. The van der Waals surface area contributed by atoms with Crippen molar-refractivity contribution < 1.29 is 9.31 Å². The highest BCUT2D eigenvalue weighted by Gasteiger charge is 2.52. The third-order valence-corrected chi connectivity index (χ3v) is 7.01. The lowest BCUT2D eigenvalue weighted by molar-refractivity contribution is 0.00578. The first kappa shape index (κ1) is 15.6. The van der Waals surface area contributed by atoms with Crippen molar-refractivity contribution >= 4 is 60.0 Å². The predicted molar refractivity (Wildman–Crippen MR) is 103 cm³/mol. The number of halogens is 1. The Labute approximate surface area is 149 Å². The topological polar surface area (TPSA) is 18.5 Å². The summed E-state index contributed by atoms with van der Waals surface area (Å²) in [5.41, 5.74) is 0.394. The van der Waals surface area contributed by atoms with Crippen LogP contribution in [0.25, 0.3) is 20.2 Å². The summed E-state index contributed by atoms with van der Waals surface area (Å²) >= 11 is 5.63. The third-order valence-electron chi connectivity index (χ3n) is 5.02. The zero-order valence-electron chi connectivity index (χ0n) is 13.6. The van der Waals surface area contributed by atoms with Gasteiger partial charge in [0.2, 0.25) is 0 Å². The number of fused-ring (bicyclic) bond motifs is 3.